The fourth-order valence-corrected chi connectivity index (χ4v) is 4.72. The molecule has 1 atom stereocenters. The number of benzene rings is 1. The van der Waals surface area contributed by atoms with Gasteiger partial charge < -0.3 is 20.5 Å². The molecule has 0 aromatic heterocycles. The average Bonchev–Trinajstić information content (AvgIpc) is 2.80. The molecule has 3 rings (SSSR count). The normalized spacial score (nSPS) is 21.2. The predicted molar refractivity (Wildman–Crippen MR) is 123 cm³/mol. The fraction of sp³-hybridized carbons (Fsp3) is 0.708. The van der Waals surface area contributed by atoms with Gasteiger partial charge in [-0.15, -0.1) is 0 Å². The number of aliphatic imine (C=N–C) groups is 1. The molecule has 1 aliphatic carbocycles. The fourth-order valence-electron chi connectivity index (χ4n) is 4.72. The topological polar surface area (TPSA) is 69.1 Å². The van der Waals surface area contributed by atoms with Crippen LogP contribution in [0.5, 0.6) is 0 Å². The summed E-state index contributed by atoms with van der Waals surface area (Å²) in [5.41, 5.74) is 1.42. The highest BCUT2D eigenvalue weighted by molar-refractivity contribution is 5.79. The van der Waals surface area contributed by atoms with Gasteiger partial charge in [-0.1, -0.05) is 49.6 Å². The number of morpholine rings is 1. The van der Waals surface area contributed by atoms with Gasteiger partial charge in [0.05, 0.1) is 19.8 Å². The lowest BCUT2D eigenvalue weighted by atomic mass is 9.73. The third-order valence-electron chi connectivity index (χ3n) is 6.50. The summed E-state index contributed by atoms with van der Waals surface area (Å²) >= 11 is 0. The lowest BCUT2D eigenvalue weighted by Gasteiger charge is -2.41. The van der Waals surface area contributed by atoms with Crippen molar-refractivity contribution in [1.82, 2.24) is 15.5 Å². The van der Waals surface area contributed by atoms with E-state index < -0.39 is 0 Å². The number of ether oxygens (including phenoxy) is 1. The van der Waals surface area contributed by atoms with Gasteiger partial charge >= 0.3 is 0 Å². The predicted octanol–water partition coefficient (Wildman–Crippen LogP) is 2.60. The minimum atomic E-state index is 0.0621. The van der Waals surface area contributed by atoms with E-state index in [9.17, 15) is 5.11 Å². The maximum Gasteiger partial charge on any atom is 0.191 e. The average molecular weight is 417 g/mol. The minimum Gasteiger partial charge on any atom is -0.396 e. The number of guanidine groups is 1. The molecule has 3 N–H and O–H groups in total. The second-order valence-corrected chi connectivity index (χ2v) is 8.82. The van der Waals surface area contributed by atoms with Gasteiger partial charge in [-0.2, -0.15) is 0 Å². The molecular formula is C24H40N4O2. The van der Waals surface area contributed by atoms with Crippen LogP contribution >= 0.6 is 0 Å². The summed E-state index contributed by atoms with van der Waals surface area (Å²) in [6, 6.07) is 10.2. The molecule has 168 valence electrons. The molecule has 0 radical (unpaired) electrons. The Hall–Kier alpha value is -1.63. The van der Waals surface area contributed by atoms with E-state index >= 15 is 0 Å². The van der Waals surface area contributed by atoms with Crippen molar-refractivity contribution in [2.45, 2.75) is 44.9 Å². The first-order valence-electron chi connectivity index (χ1n) is 11.7. The Morgan fingerprint density at radius 2 is 1.87 bits per heavy atom. The Morgan fingerprint density at radius 1 is 1.13 bits per heavy atom. The number of aliphatic hydroxyl groups is 1. The van der Waals surface area contributed by atoms with Crippen molar-refractivity contribution in [3.05, 3.63) is 35.9 Å². The van der Waals surface area contributed by atoms with Crippen LogP contribution in [0.3, 0.4) is 0 Å². The standard InChI is InChI=1S/C24H40N4O2/c1-2-25-23(26-17-22(18-29)21-9-5-3-6-10-21)27-19-24(11-7-4-8-12-24)20-28-13-15-30-16-14-28/h3,5-6,9-10,22,29H,2,4,7-8,11-20H2,1H3,(H2,25,26,27). The number of aliphatic hydroxyl groups excluding tert-OH is 1. The SMILES string of the molecule is CCNC(=NCC1(CN2CCOCC2)CCCCC1)NCC(CO)c1ccccc1. The molecular weight excluding hydrogens is 376 g/mol. The Kier molecular flexibility index (Phi) is 9.43. The van der Waals surface area contributed by atoms with Crippen molar-refractivity contribution < 1.29 is 9.84 Å². The van der Waals surface area contributed by atoms with Gasteiger partial charge in [-0.05, 0) is 25.3 Å². The number of nitrogens with zero attached hydrogens (tertiary/aromatic N) is 2. The Labute approximate surface area is 182 Å². The quantitative estimate of drug-likeness (QED) is 0.426. The van der Waals surface area contributed by atoms with Gasteiger partial charge in [0.1, 0.15) is 0 Å². The van der Waals surface area contributed by atoms with Gasteiger partial charge in [-0.3, -0.25) is 9.89 Å². The molecule has 0 bridgehead atoms. The summed E-state index contributed by atoms with van der Waals surface area (Å²) in [5, 5.41) is 16.7. The lowest BCUT2D eigenvalue weighted by molar-refractivity contribution is 0.00937. The third-order valence-corrected chi connectivity index (χ3v) is 6.50. The number of hydrogen-bond acceptors (Lipinski definition) is 4. The zero-order valence-corrected chi connectivity index (χ0v) is 18.6. The second kappa shape index (κ2) is 12.3. The molecule has 1 aliphatic heterocycles. The number of hydrogen-bond donors (Lipinski definition) is 3. The minimum absolute atomic E-state index is 0.0621. The molecule has 6 nitrogen and oxygen atoms in total. The maximum atomic E-state index is 9.86. The number of rotatable bonds is 9. The van der Waals surface area contributed by atoms with E-state index in [2.05, 4.69) is 34.6 Å². The van der Waals surface area contributed by atoms with E-state index in [1.807, 2.05) is 18.2 Å². The van der Waals surface area contributed by atoms with Crippen molar-refractivity contribution in [3.8, 4) is 0 Å². The van der Waals surface area contributed by atoms with Crippen LogP contribution in [0.15, 0.2) is 35.3 Å². The molecule has 1 saturated carbocycles. The lowest BCUT2D eigenvalue weighted by Crippen LogP contribution is -2.47. The van der Waals surface area contributed by atoms with Crippen molar-refractivity contribution in [1.29, 1.82) is 0 Å². The van der Waals surface area contributed by atoms with E-state index in [4.69, 9.17) is 9.73 Å². The van der Waals surface area contributed by atoms with Crippen molar-refractivity contribution in [2.75, 3.05) is 59.1 Å². The van der Waals surface area contributed by atoms with Crippen LogP contribution in [0.25, 0.3) is 0 Å². The van der Waals surface area contributed by atoms with Gasteiger partial charge in [0.2, 0.25) is 0 Å². The van der Waals surface area contributed by atoms with Crippen LogP contribution in [0.4, 0.5) is 0 Å². The van der Waals surface area contributed by atoms with E-state index in [-0.39, 0.29) is 17.9 Å². The third kappa shape index (κ3) is 6.96. The van der Waals surface area contributed by atoms with Crippen LogP contribution in [-0.4, -0.2) is 75.1 Å². The highest BCUT2D eigenvalue weighted by Crippen LogP contribution is 2.37. The van der Waals surface area contributed by atoms with E-state index in [0.717, 1.165) is 57.5 Å². The molecule has 1 heterocycles. The summed E-state index contributed by atoms with van der Waals surface area (Å²) in [7, 11) is 0. The first-order chi connectivity index (χ1) is 14.7. The zero-order valence-electron chi connectivity index (χ0n) is 18.6. The molecule has 0 amide bonds. The molecule has 1 saturated heterocycles. The summed E-state index contributed by atoms with van der Waals surface area (Å²) in [6.45, 7) is 9.49. The van der Waals surface area contributed by atoms with Crippen molar-refractivity contribution in [2.24, 2.45) is 10.4 Å². The van der Waals surface area contributed by atoms with Crippen LogP contribution in [0.1, 0.15) is 50.5 Å². The van der Waals surface area contributed by atoms with Crippen LogP contribution in [0, 0.1) is 5.41 Å². The van der Waals surface area contributed by atoms with E-state index in [1.54, 1.807) is 0 Å². The van der Waals surface area contributed by atoms with Crippen LogP contribution < -0.4 is 10.6 Å². The molecule has 1 unspecified atom stereocenters. The van der Waals surface area contributed by atoms with E-state index in [1.165, 1.54) is 32.1 Å². The molecule has 2 aliphatic rings. The zero-order chi connectivity index (χ0) is 21.1. The van der Waals surface area contributed by atoms with Gasteiger partial charge in [0.25, 0.3) is 0 Å². The summed E-state index contributed by atoms with van der Waals surface area (Å²) in [5.74, 6) is 0.922. The monoisotopic (exact) mass is 416 g/mol. The highest BCUT2D eigenvalue weighted by atomic mass is 16.5. The smallest absolute Gasteiger partial charge is 0.191 e. The molecule has 1 aromatic carbocycles. The van der Waals surface area contributed by atoms with Crippen molar-refractivity contribution in [3.63, 3.8) is 0 Å². The highest BCUT2D eigenvalue weighted by Gasteiger charge is 2.34. The molecule has 30 heavy (non-hydrogen) atoms. The maximum absolute atomic E-state index is 9.86. The Bertz CT molecular complexity index is 625. The van der Waals surface area contributed by atoms with Gasteiger partial charge in [0.15, 0.2) is 5.96 Å². The summed E-state index contributed by atoms with van der Waals surface area (Å²) < 4.78 is 5.54. The number of nitrogens with one attached hydrogen (secondary N) is 2. The van der Waals surface area contributed by atoms with E-state index in [0.29, 0.717) is 6.54 Å². The van der Waals surface area contributed by atoms with Gasteiger partial charge in [-0.25, -0.2) is 0 Å². The van der Waals surface area contributed by atoms with Crippen molar-refractivity contribution >= 4 is 5.96 Å². The first kappa shape index (κ1) is 23.0. The second-order valence-electron chi connectivity index (χ2n) is 8.82. The summed E-state index contributed by atoms with van der Waals surface area (Å²) in [6.07, 6.45) is 6.49. The summed E-state index contributed by atoms with van der Waals surface area (Å²) in [4.78, 5) is 7.60. The molecule has 0 spiro atoms. The first-order valence-corrected chi connectivity index (χ1v) is 11.7. The van der Waals surface area contributed by atoms with Crippen LogP contribution in [-0.2, 0) is 4.74 Å². The molecule has 2 fully saturated rings. The molecule has 6 heteroatoms. The Balaban J connectivity index is 1.63. The Morgan fingerprint density at radius 3 is 2.53 bits per heavy atom. The van der Waals surface area contributed by atoms with Gasteiger partial charge in [0, 0.05) is 50.6 Å². The van der Waals surface area contributed by atoms with Crippen LogP contribution in [0.2, 0.25) is 0 Å². The largest absolute Gasteiger partial charge is 0.396 e. The molecule has 1 aromatic rings.